The van der Waals surface area contributed by atoms with E-state index in [0.29, 0.717) is 5.92 Å². The smallest absolute Gasteiger partial charge is 0.0541 e. The van der Waals surface area contributed by atoms with Gasteiger partial charge in [0.2, 0.25) is 0 Å². The van der Waals surface area contributed by atoms with Crippen LogP contribution in [0.25, 0.3) is 88.4 Å². The number of fused-ring (bicyclic) bond motifs is 13. The lowest BCUT2D eigenvalue weighted by Crippen LogP contribution is -2.28. The Labute approximate surface area is 362 Å². The van der Waals surface area contributed by atoms with Crippen molar-refractivity contribution in [3.63, 3.8) is 0 Å². The second kappa shape index (κ2) is 12.7. The van der Waals surface area contributed by atoms with E-state index in [0.717, 1.165) is 0 Å². The molecule has 2 heteroatoms. The molecule has 2 unspecified atom stereocenters. The Morgan fingerprint density at radius 2 is 0.984 bits per heavy atom. The van der Waals surface area contributed by atoms with Crippen LogP contribution >= 0.6 is 0 Å². The van der Waals surface area contributed by atoms with Crippen molar-refractivity contribution in [2.75, 3.05) is 0 Å². The minimum Gasteiger partial charge on any atom is -0.310 e. The summed E-state index contributed by atoms with van der Waals surface area (Å²) in [6.45, 7) is 9.99. The molecule has 0 fully saturated rings. The van der Waals surface area contributed by atoms with Crippen LogP contribution in [0.5, 0.6) is 0 Å². The summed E-state index contributed by atoms with van der Waals surface area (Å²) >= 11 is 0. The van der Waals surface area contributed by atoms with E-state index in [1.807, 2.05) is 0 Å². The van der Waals surface area contributed by atoms with Crippen molar-refractivity contribution in [3.8, 4) is 39.1 Å². The second-order valence-corrected chi connectivity index (χ2v) is 18.9. The molecule has 10 aromatic rings. The molecular weight excluding hydrogens is 749 g/mol. The molecule has 0 bridgehead atoms. The van der Waals surface area contributed by atoms with E-state index in [-0.39, 0.29) is 16.7 Å². The molecule has 3 aliphatic rings. The van der Waals surface area contributed by atoms with E-state index in [9.17, 15) is 0 Å². The van der Waals surface area contributed by atoms with Gasteiger partial charge in [-0.2, -0.15) is 0 Å². The summed E-state index contributed by atoms with van der Waals surface area (Å²) in [5.74, 6) is 0.484. The van der Waals surface area contributed by atoms with Crippen LogP contribution in [0, 0.1) is 5.92 Å². The van der Waals surface area contributed by atoms with Gasteiger partial charge in [-0.15, -0.1) is 0 Å². The fourth-order valence-corrected chi connectivity index (χ4v) is 12.2. The summed E-state index contributed by atoms with van der Waals surface area (Å²) < 4.78 is 4.97. The van der Waals surface area contributed by atoms with Crippen LogP contribution < -0.4 is 0 Å². The first-order chi connectivity index (χ1) is 30.3. The number of benzene rings is 8. The standard InChI is InChI=1S/C60H46N2/c1-59(2)50-31-29-40(61-52-25-12-8-21-42(52)43-22-9-13-26-53(43)61)34-47(50)48-36-46(39-20-16-19-38(33-39)37-17-6-5-7-18-37)56-49-35-41(30-32-51(49)60(3,4)58(56)57(48)59)62-54-27-14-10-23-44(54)45-24-11-15-28-55(45)62/h5-36,49,51H,1-4H3. The quantitative estimate of drug-likeness (QED) is 0.168. The summed E-state index contributed by atoms with van der Waals surface area (Å²) in [6.07, 6.45) is 7.58. The first kappa shape index (κ1) is 35.6. The van der Waals surface area contributed by atoms with E-state index >= 15 is 0 Å². The topological polar surface area (TPSA) is 9.86 Å². The van der Waals surface area contributed by atoms with Crippen LogP contribution in [0.1, 0.15) is 55.9 Å². The van der Waals surface area contributed by atoms with Gasteiger partial charge >= 0.3 is 0 Å². The number of para-hydroxylation sites is 4. The van der Waals surface area contributed by atoms with Gasteiger partial charge in [-0.1, -0.05) is 167 Å². The Morgan fingerprint density at radius 3 is 1.61 bits per heavy atom. The zero-order valence-electron chi connectivity index (χ0n) is 35.5. The van der Waals surface area contributed by atoms with E-state index < -0.39 is 0 Å². The molecule has 296 valence electrons. The number of nitrogens with zero attached hydrogens (tertiary/aromatic N) is 2. The summed E-state index contributed by atoms with van der Waals surface area (Å²) in [6, 6.07) is 65.5. The molecular formula is C60H46N2. The largest absolute Gasteiger partial charge is 0.310 e. The van der Waals surface area contributed by atoms with E-state index in [1.165, 1.54) is 111 Å². The number of hydrogen-bond acceptors (Lipinski definition) is 0. The van der Waals surface area contributed by atoms with Gasteiger partial charge in [0.15, 0.2) is 0 Å². The van der Waals surface area contributed by atoms with Crippen LogP contribution in [-0.4, -0.2) is 9.13 Å². The van der Waals surface area contributed by atoms with E-state index in [4.69, 9.17) is 0 Å². The van der Waals surface area contributed by atoms with Crippen molar-refractivity contribution in [1.29, 1.82) is 0 Å². The van der Waals surface area contributed by atoms with Crippen LogP contribution in [0.4, 0.5) is 0 Å². The SMILES string of the molecule is CC1(C)c2ccc(-n3c4ccccc4c4ccccc43)cc2-c2cc(-c3cccc(-c4ccccc4)c3)c3c(c21)C(C)(C)C1C=CC(n2c4ccccc4c4ccccc42)=CC31. The summed E-state index contributed by atoms with van der Waals surface area (Å²) in [7, 11) is 0. The summed E-state index contributed by atoms with van der Waals surface area (Å²) in [4.78, 5) is 0. The van der Waals surface area contributed by atoms with Gasteiger partial charge in [0.25, 0.3) is 0 Å². The second-order valence-electron chi connectivity index (χ2n) is 18.9. The molecule has 0 radical (unpaired) electrons. The molecule has 13 rings (SSSR count). The lowest BCUT2D eigenvalue weighted by molar-refractivity contribution is 0.390. The molecule has 2 atom stereocenters. The van der Waals surface area contributed by atoms with Gasteiger partial charge < -0.3 is 9.13 Å². The summed E-state index contributed by atoms with van der Waals surface area (Å²) in [5, 5.41) is 5.16. The Bertz CT molecular complexity index is 3480. The van der Waals surface area contributed by atoms with Gasteiger partial charge in [0.05, 0.1) is 22.1 Å². The molecule has 2 heterocycles. The van der Waals surface area contributed by atoms with Crippen LogP contribution in [0.3, 0.4) is 0 Å². The molecule has 8 aromatic carbocycles. The highest BCUT2D eigenvalue weighted by Gasteiger charge is 2.52. The van der Waals surface area contributed by atoms with Crippen molar-refractivity contribution in [1.82, 2.24) is 9.13 Å². The maximum Gasteiger partial charge on any atom is 0.0541 e. The van der Waals surface area contributed by atoms with Crippen molar-refractivity contribution in [2.45, 2.75) is 44.4 Å². The van der Waals surface area contributed by atoms with Gasteiger partial charge in [-0.3, -0.25) is 0 Å². The maximum atomic E-state index is 2.61. The van der Waals surface area contributed by atoms with Gasteiger partial charge in [0, 0.05) is 44.3 Å². The maximum absolute atomic E-state index is 2.61. The average molecular weight is 795 g/mol. The minimum atomic E-state index is -0.202. The number of hydrogen-bond donors (Lipinski definition) is 0. The third-order valence-electron chi connectivity index (χ3n) is 14.9. The summed E-state index contributed by atoms with van der Waals surface area (Å²) in [5.41, 5.74) is 20.8. The third-order valence-corrected chi connectivity index (χ3v) is 14.9. The highest BCUT2D eigenvalue weighted by molar-refractivity contribution is 6.11. The van der Waals surface area contributed by atoms with Gasteiger partial charge in [-0.05, 0) is 122 Å². The fraction of sp³-hybridized carbons (Fsp3) is 0.133. The molecule has 0 saturated carbocycles. The molecule has 62 heavy (non-hydrogen) atoms. The number of aromatic nitrogens is 2. The highest BCUT2D eigenvalue weighted by Crippen LogP contribution is 2.63. The average Bonchev–Trinajstić information content (AvgIpc) is 3.97. The molecule has 0 N–H and O–H groups in total. The third kappa shape index (κ3) is 4.75. The zero-order chi connectivity index (χ0) is 41.5. The molecule has 0 saturated heterocycles. The lowest BCUT2D eigenvalue weighted by atomic mass is 9.70. The molecule has 0 spiro atoms. The molecule has 0 amide bonds. The number of rotatable bonds is 4. The van der Waals surface area contributed by atoms with E-state index in [1.54, 1.807) is 0 Å². The van der Waals surface area contributed by atoms with Crippen LogP contribution in [0.15, 0.2) is 194 Å². The number of allylic oxidation sites excluding steroid dienone is 4. The van der Waals surface area contributed by atoms with Crippen molar-refractivity contribution in [3.05, 3.63) is 216 Å². The Hall–Kier alpha value is -7.16. The van der Waals surface area contributed by atoms with Gasteiger partial charge in [-0.25, -0.2) is 0 Å². The van der Waals surface area contributed by atoms with Gasteiger partial charge in [0.1, 0.15) is 0 Å². The van der Waals surface area contributed by atoms with Crippen molar-refractivity contribution in [2.24, 2.45) is 5.92 Å². The normalized spacial score (nSPS) is 18.0. The van der Waals surface area contributed by atoms with Crippen molar-refractivity contribution < 1.29 is 0 Å². The van der Waals surface area contributed by atoms with E-state index in [2.05, 4.69) is 231 Å². The first-order valence-electron chi connectivity index (χ1n) is 22.2. The highest BCUT2D eigenvalue weighted by atomic mass is 15.0. The Balaban J connectivity index is 1.08. The first-order valence-corrected chi connectivity index (χ1v) is 22.2. The predicted molar refractivity (Wildman–Crippen MR) is 261 cm³/mol. The Morgan fingerprint density at radius 1 is 0.435 bits per heavy atom. The predicted octanol–water partition coefficient (Wildman–Crippen LogP) is 15.6. The fourth-order valence-electron chi connectivity index (χ4n) is 12.2. The Kier molecular flexibility index (Phi) is 7.28. The van der Waals surface area contributed by atoms with Crippen LogP contribution in [0.2, 0.25) is 0 Å². The lowest BCUT2D eigenvalue weighted by Gasteiger charge is -2.34. The molecule has 2 aromatic heterocycles. The minimum absolute atomic E-state index is 0.133. The molecule has 2 nitrogen and oxygen atoms in total. The van der Waals surface area contributed by atoms with Crippen LogP contribution in [-0.2, 0) is 10.8 Å². The molecule has 0 aliphatic heterocycles. The zero-order valence-corrected chi connectivity index (χ0v) is 35.5. The molecule has 3 aliphatic carbocycles. The van der Waals surface area contributed by atoms with Crippen molar-refractivity contribution >= 4 is 49.3 Å². The monoisotopic (exact) mass is 794 g/mol.